The summed E-state index contributed by atoms with van der Waals surface area (Å²) in [7, 11) is 0. The van der Waals surface area contributed by atoms with Gasteiger partial charge in [-0.2, -0.15) is 9.97 Å². The average Bonchev–Trinajstić information content (AvgIpc) is 3.51. The number of aromatic amines is 1. The highest BCUT2D eigenvalue weighted by molar-refractivity contribution is 5.98. The number of fused-ring (bicyclic) bond motifs is 2. The van der Waals surface area contributed by atoms with Crippen molar-refractivity contribution in [2.24, 2.45) is 0 Å². The van der Waals surface area contributed by atoms with Gasteiger partial charge in [0.15, 0.2) is 11.5 Å². The number of benzene rings is 2. The van der Waals surface area contributed by atoms with Crippen LogP contribution in [0.3, 0.4) is 0 Å². The first-order chi connectivity index (χ1) is 16.5. The molecule has 0 saturated heterocycles. The average molecular weight is 451 g/mol. The zero-order chi connectivity index (χ0) is 23.2. The first kappa shape index (κ1) is 20.1. The van der Waals surface area contributed by atoms with Gasteiger partial charge in [-0.1, -0.05) is 6.07 Å². The van der Waals surface area contributed by atoms with Gasteiger partial charge in [0, 0.05) is 23.3 Å². The molecule has 1 saturated carbocycles. The Hall–Kier alpha value is -4.53. The maximum Gasteiger partial charge on any atom is 0.335 e. The Morgan fingerprint density at radius 1 is 1.06 bits per heavy atom. The summed E-state index contributed by atoms with van der Waals surface area (Å²) in [5.41, 5.74) is 6.13. The van der Waals surface area contributed by atoms with Crippen molar-refractivity contribution >= 4 is 45.5 Å². The number of hydrogen-bond acceptors (Lipinski definition) is 7. The Morgan fingerprint density at radius 2 is 1.94 bits per heavy atom. The van der Waals surface area contributed by atoms with Crippen LogP contribution < -0.4 is 10.6 Å². The smallest absolute Gasteiger partial charge is 0.335 e. The van der Waals surface area contributed by atoms with Gasteiger partial charge in [0.05, 0.1) is 17.4 Å². The van der Waals surface area contributed by atoms with E-state index in [4.69, 9.17) is 0 Å². The molecule has 9 heteroatoms. The first-order valence-electron chi connectivity index (χ1n) is 11.0. The van der Waals surface area contributed by atoms with Crippen LogP contribution in [0.1, 0.15) is 28.8 Å². The van der Waals surface area contributed by atoms with Gasteiger partial charge in [0.25, 0.3) is 0 Å². The highest BCUT2D eigenvalue weighted by Crippen LogP contribution is 2.33. The van der Waals surface area contributed by atoms with Crippen LogP contribution in [-0.2, 0) is 0 Å². The summed E-state index contributed by atoms with van der Waals surface area (Å²) >= 11 is 0. The summed E-state index contributed by atoms with van der Waals surface area (Å²) < 4.78 is 0. The second-order valence-corrected chi connectivity index (χ2v) is 8.46. The van der Waals surface area contributed by atoms with Crippen LogP contribution >= 0.6 is 0 Å². The number of carboxylic acids is 1. The number of imidazole rings is 1. The number of aromatic carboxylic acids is 1. The number of rotatable bonds is 6. The minimum absolute atomic E-state index is 0.268. The van der Waals surface area contributed by atoms with Crippen LogP contribution in [0.15, 0.2) is 55.0 Å². The summed E-state index contributed by atoms with van der Waals surface area (Å²) in [5.74, 6) is 0.241. The van der Waals surface area contributed by atoms with Gasteiger partial charge < -0.3 is 20.7 Å². The summed E-state index contributed by atoms with van der Waals surface area (Å²) in [4.78, 5) is 32.5. The number of nitrogens with one attached hydrogen (secondary N) is 3. The summed E-state index contributed by atoms with van der Waals surface area (Å²) in [6, 6.07) is 13.4. The molecular weight excluding hydrogens is 430 g/mol. The van der Waals surface area contributed by atoms with Crippen molar-refractivity contribution in [2.75, 3.05) is 10.6 Å². The highest BCUT2D eigenvalue weighted by Gasteiger charge is 2.23. The molecular formula is C25H21N7O2. The summed E-state index contributed by atoms with van der Waals surface area (Å²) in [6.45, 7) is 1.91. The predicted molar refractivity (Wildman–Crippen MR) is 130 cm³/mol. The van der Waals surface area contributed by atoms with Crippen molar-refractivity contribution in [1.29, 1.82) is 0 Å². The third-order valence-electron chi connectivity index (χ3n) is 5.96. The zero-order valence-electron chi connectivity index (χ0n) is 18.3. The van der Waals surface area contributed by atoms with Crippen LogP contribution in [0, 0.1) is 6.92 Å². The van der Waals surface area contributed by atoms with Crippen LogP contribution in [0.4, 0.5) is 17.5 Å². The van der Waals surface area contributed by atoms with Crippen molar-refractivity contribution in [1.82, 2.24) is 24.9 Å². The molecule has 2 aromatic carbocycles. The van der Waals surface area contributed by atoms with E-state index >= 15 is 0 Å². The molecule has 1 fully saturated rings. The lowest BCUT2D eigenvalue weighted by Crippen LogP contribution is -2.07. The van der Waals surface area contributed by atoms with Crippen LogP contribution in [0.5, 0.6) is 0 Å². The molecule has 0 bridgehead atoms. The van der Waals surface area contributed by atoms with E-state index in [1.165, 1.54) is 0 Å². The molecule has 4 N–H and O–H groups in total. The second-order valence-electron chi connectivity index (χ2n) is 8.46. The molecule has 5 aromatic rings. The SMILES string of the molecule is Cc1cc(C(=O)O)ccc1-c1ccnc2ccc(Nc3nc(NC4CC4)c4nc[nH]c4n3)cc12. The Kier molecular flexibility index (Phi) is 4.61. The molecule has 0 atom stereocenters. The molecule has 9 nitrogen and oxygen atoms in total. The van der Waals surface area contributed by atoms with Crippen molar-refractivity contribution in [3.63, 3.8) is 0 Å². The molecule has 0 amide bonds. The predicted octanol–water partition coefficient (Wildman–Crippen LogP) is 4.89. The standard InChI is InChI=1S/C25H21N7O2/c1-13-10-14(24(33)34)2-6-17(13)18-8-9-26-20-7-5-16(11-19(18)20)30-25-31-22-21(27-12-28-22)23(32-25)29-15-3-4-15/h2,5-12,15H,3-4H2,1H3,(H,33,34)(H3,27,28,29,30,31,32). The number of carbonyl (C=O) groups is 1. The quantitative estimate of drug-likeness (QED) is 0.287. The van der Waals surface area contributed by atoms with E-state index in [0.29, 0.717) is 23.5 Å². The fraction of sp³-hybridized carbons (Fsp3) is 0.160. The maximum atomic E-state index is 11.3. The number of aromatic nitrogens is 5. The molecule has 1 aliphatic carbocycles. The number of H-pyrrole nitrogens is 1. The first-order valence-corrected chi connectivity index (χ1v) is 11.0. The largest absolute Gasteiger partial charge is 0.478 e. The number of anilines is 3. The number of hydrogen-bond donors (Lipinski definition) is 4. The molecule has 0 spiro atoms. The van der Waals surface area contributed by atoms with E-state index in [-0.39, 0.29) is 5.56 Å². The van der Waals surface area contributed by atoms with Crippen molar-refractivity contribution < 1.29 is 9.90 Å². The minimum Gasteiger partial charge on any atom is -0.478 e. The van der Waals surface area contributed by atoms with E-state index in [0.717, 1.165) is 51.6 Å². The third-order valence-corrected chi connectivity index (χ3v) is 5.96. The Labute approximate surface area is 194 Å². The number of pyridine rings is 1. The van der Waals surface area contributed by atoms with E-state index in [9.17, 15) is 9.90 Å². The van der Waals surface area contributed by atoms with Crippen LogP contribution in [0.25, 0.3) is 33.2 Å². The van der Waals surface area contributed by atoms with E-state index in [1.54, 1.807) is 24.7 Å². The normalized spacial score (nSPS) is 13.3. The number of nitrogens with zero attached hydrogens (tertiary/aromatic N) is 4. The Bertz CT molecular complexity index is 1570. The lowest BCUT2D eigenvalue weighted by Gasteiger charge is -2.12. The molecule has 1 aliphatic rings. The van der Waals surface area contributed by atoms with Gasteiger partial charge >= 0.3 is 5.97 Å². The van der Waals surface area contributed by atoms with Gasteiger partial charge in [-0.05, 0) is 72.9 Å². The lowest BCUT2D eigenvalue weighted by molar-refractivity contribution is 0.0697. The number of carboxylic acid groups (broad SMARTS) is 1. The van der Waals surface area contributed by atoms with Crippen molar-refractivity contribution in [2.45, 2.75) is 25.8 Å². The van der Waals surface area contributed by atoms with Crippen molar-refractivity contribution in [3.8, 4) is 11.1 Å². The third kappa shape index (κ3) is 3.66. The van der Waals surface area contributed by atoms with Crippen molar-refractivity contribution in [3.05, 3.63) is 66.1 Å². The molecule has 3 aromatic heterocycles. The summed E-state index contributed by atoms with van der Waals surface area (Å²) in [5, 5.41) is 17.0. The lowest BCUT2D eigenvalue weighted by atomic mass is 9.95. The van der Waals surface area contributed by atoms with E-state index in [1.807, 2.05) is 37.3 Å². The highest BCUT2D eigenvalue weighted by atomic mass is 16.4. The topological polar surface area (TPSA) is 129 Å². The van der Waals surface area contributed by atoms with Gasteiger partial charge in [-0.15, -0.1) is 0 Å². The number of aryl methyl sites for hydroxylation is 1. The molecule has 168 valence electrons. The molecule has 6 rings (SSSR count). The van der Waals surface area contributed by atoms with Crippen LogP contribution in [0.2, 0.25) is 0 Å². The zero-order valence-corrected chi connectivity index (χ0v) is 18.3. The fourth-order valence-electron chi connectivity index (χ4n) is 4.10. The van der Waals surface area contributed by atoms with E-state index < -0.39 is 5.97 Å². The van der Waals surface area contributed by atoms with Crippen LogP contribution in [-0.4, -0.2) is 42.0 Å². The summed E-state index contributed by atoms with van der Waals surface area (Å²) in [6.07, 6.45) is 5.64. The monoisotopic (exact) mass is 451 g/mol. The Balaban J connectivity index is 1.40. The minimum atomic E-state index is -0.939. The fourth-order valence-corrected chi connectivity index (χ4v) is 4.10. The van der Waals surface area contributed by atoms with Gasteiger partial charge in [-0.3, -0.25) is 4.98 Å². The molecule has 0 unspecified atom stereocenters. The maximum absolute atomic E-state index is 11.3. The van der Waals surface area contributed by atoms with Gasteiger partial charge in [0.1, 0.15) is 5.52 Å². The molecule has 34 heavy (non-hydrogen) atoms. The Morgan fingerprint density at radius 3 is 2.74 bits per heavy atom. The molecule has 0 radical (unpaired) electrons. The molecule has 0 aliphatic heterocycles. The van der Waals surface area contributed by atoms with E-state index in [2.05, 4.69) is 35.6 Å². The van der Waals surface area contributed by atoms with Gasteiger partial charge in [-0.25, -0.2) is 9.78 Å². The second kappa shape index (κ2) is 7.80. The van der Waals surface area contributed by atoms with Gasteiger partial charge in [0.2, 0.25) is 5.95 Å². The molecule has 3 heterocycles.